The molecule has 2 aromatic carbocycles. The van der Waals surface area contributed by atoms with Gasteiger partial charge in [0.25, 0.3) is 0 Å². The fourth-order valence-corrected chi connectivity index (χ4v) is 3.15. The first-order chi connectivity index (χ1) is 13.0. The lowest BCUT2D eigenvalue weighted by atomic mass is 10.1. The van der Waals surface area contributed by atoms with Gasteiger partial charge in [0.1, 0.15) is 0 Å². The van der Waals surface area contributed by atoms with E-state index in [-0.39, 0.29) is 23.8 Å². The molecule has 140 valence electrons. The third kappa shape index (κ3) is 4.00. The quantitative estimate of drug-likeness (QED) is 0.652. The average Bonchev–Trinajstić information content (AvgIpc) is 2.92. The van der Waals surface area contributed by atoms with Crippen LogP contribution in [0.25, 0.3) is 11.0 Å². The first kappa shape index (κ1) is 18.6. The molecule has 0 saturated carbocycles. The van der Waals surface area contributed by atoms with Crippen molar-refractivity contribution in [2.24, 2.45) is 0 Å². The van der Waals surface area contributed by atoms with Crippen LogP contribution in [0.4, 0.5) is 5.69 Å². The standard InChI is InChI=1S/C21H23N3O3/c1-3-13-23-18-6-4-5-7-19(18)24(21(23)27)14-12-20(26)22-17-10-8-16(9-11-17)15(2)25/h4-11H,3,12-14H2,1-2H3,(H,22,26). The van der Waals surface area contributed by atoms with Crippen molar-refractivity contribution in [1.82, 2.24) is 9.13 Å². The molecule has 3 aromatic rings. The summed E-state index contributed by atoms with van der Waals surface area (Å²) in [5.41, 5.74) is 2.88. The maximum Gasteiger partial charge on any atom is 0.329 e. The summed E-state index contributed by atoms with van der Waals surface area (Å²) < 4.78 is 3.41. The number of para-hydroxylation sites is 2. The number of rotatable bonds is 7. The zero-order valence-electron chi connectivity index (χ0n) is 15.6. The highest BCUT2D eigenvalue weighted by Gasteiger charge is 2.13. The van der Waals surface area contributed by atoms with E-state index in [1.54, 1.807) is 33.4 Å². The van der Waals surface area contributed by atoms with Crippen molar-refractivity contribution in [3.63, 3.8) is 0 Å². The molecule has 1 amide bonds. The minimum atomic E-state index is -0.176. The minimum absolute atomic E-state index is 0.0179. The number of imidazole rings is 1. The molecular formula is C21H23N3O3. The zero-order valence-corrected chi connectivity index (χ0v) is 15.6. The van der Waals surface area contributed by atoms with E-state index in [1.165, 1.54) is 6.92 Å². The van der Waals surface area contributed by atoms with Crippen molar-refractivity contribution >= 4 is 28.4 Å². The van der Waals surface area contributed by atoms with Gasteiger partial charge in [-0.1, -0.05) is 19.1 Å². The topological polar surface area (TPSA) is 73.1 Å². The SMILES string of the molecule is CCCn1c(=O)n(CCC(=O)Nc2ccc(C(C)=O)cc2)c2ccccc21. The number of Topliss-reactive ketones (excluding diaryl/α,β-unsaturated/α-hetero) is 1. The Balaban J connectivity index is 1.73. The van der Waals surface area contributed by atoms with Gasteiger partial charge in [-0.05, 0) is 49.7 Å². The normalized spacial score (nSPS) is 10.9. The van der Waals surface area contributed by atoms with Gasteiger partial charge < -0.3 is 5.32 Å². The number of carbonyl (C=O) groups excluding carboxylic acids is 2. The van der Waals surface area contributed by atoms with Gasteiger partial charge in [0.2, 0.25) is 5.91 Å². The molecule has 0 aliphatic carbocycles. The highest BCUT2D eigenvalue weighted by atomic mass is 16.2. The van der Waals surface area contributed by atoms with Gasteiger partial charge in [-0.3, -0.25) is 18.7 Å². The summed E-state index contributed by atoms with van der Waals surface area (Å²) in [4.78, 5) is 36.3. The molecule has 1 N–H and O–H groups in total. The number of hydrogen-bond acceptors (Lipinski definition) is 3. The second-order valence-corrected chi connectivity index (χ2v) is 6.51. The molecule has 0 fully saturated rings. The lowest BCUT2D eigenvalue weighted by Gasteiger charge is -2.07. The van der Waals surface area contributed by atoms with Crippen LogP contribution in [0.1, 0.15) is 37.0 Å². The number of anilines is 1. The molecule has 0 bridgehead atoms. The molecule has 1 heterocycles. The third-order valence-electron chi connectivity index (χ3n) is 4.51. The van der Waals surface area contributed by atoms with Gasteiger partial charge in [-0.25, -0.2) is 4.79 Å². The van der Waals surface area contributed by atoms with Crippen LogP contribution in [-0.2, 0) is 17.9 Å². The third-order valence-corrected chi connectivity index (χ3v) is 4.51. The van der Waals surface area contributed by atoms with Crippen LogP contribution >= 0.6 is 0 Å². The Kier molecular flexibility index (Phi) is 5.54. The maximum atomic E-state index is 12.7. The Morgan fingerprint density at radius 3 is 2.07 bits per heavy atom. The predicted octanol–water partition coefficient (Wildman–Crippen LogP) is 3.44. The molecule has 0 aliphatic heterocycles. The monoisotopic (exact) mass is 365 g/mol. The van der Waals surface area contributed by atoms with Crippen LogP contribution in [0.5, 0.6) is 0 Å². The van der Waals surface area contributed by atoms with E-state index < -0.39 is 0 Å². The van der Waals surface area contributed by atoms with Crippen LogP contribution in [0, 0.1) is 0 Å². The summed E-state index contributed by atoms with van der Waals surface area (Å²) in [5, 5.41) is 2.81. The Bertz CT molecular complexity index is 1030. The van der Waals surface area contributed by atoms with Crippen LogP contribution in [0.3, 0.4) is 0 Å². The van der Waals surface area contributed by atoms with Crippen molar-refractivity contribution in [3.8, 4) is 0 Å². The predicted molar refractivity (Wildman–Crippen MR) is 106 cm³/mol. The number of carbonyl (C=O) groups is 2. The van der Waals surface area contributed by atoms with E-state index >= 15 is 0 Å². The van der Waals surface area contributed by atoms with Crippen LogP contribution < -0.4 is 11.0 Å². The average molecular weight is 365 g/mol. The van der Waals surface area contributed by atoms with Crippen molar-refractivity contribution in [2.75, 3.05) is 5.32 Å². The number of nitrogens with one attached hydrogen (secondary N) is 1. The minimum Gasteiger partial charge on any atom is -0.326 e. The highest BCUT2D eigenvalue weighted by Crippen LogP contribution is 2.14. The molecule has 0 atom stereocenters. The number of fused-ring (bicyclic) bond motifs is 1. The van der Waals surface area contributed by atoms with Gasteiger partial charge in [0.15, 0.2) is 5.78 Å². The van der Waals surface area contributed by atoms with E-state index in [2.05, 4.69) is 5.32 Å². The number of benzene rings is 2. The molecule has 6 nitrogen and oxygen atoms in total. The molecule has 0 unspecified atom stereocenters. The van der Waals surface area contributed by atoms with E-state index in [1.807, 2.05) is 31.2 Å². The van der Waals surface area contributed by atoms with Gasteiger partial charge in [0, 0.05) is 30.8 Å². The van der Waals surface area contributed by atoms with Crippen LogP contribution in [-0.4, -0.2) is 20.8 Å². The fraction of sp³-hybridized carbons (Fsp3) is 0.286. The van der Waals surface area contributed by atoms with Crippen molar-refractivity contribution in [3.05, 3.63) is 64.6 Å². The molecular weight excluding hydrogens is 342 g/mol. The highest BCUT2D eigenvalue weighted by molar-refractivity contribution is 5.95. The molecule has 0 aliphatic rings. The number of aryl methyl sites for hydroxylation is 2. The van der Waals surface area contributed by atoms with Crippen molar-refractivity contribution in [2.45, 2.75) is 39.8 Å². The van der Waals surface area contributed by atoms with E-state index in [0.717, 1.165) is 17.5 Å². The molecule has 0 radical (unpaired) electrons. The lowest BCUT2D eigenvalue weighted by molar-refractivity contribution is -0.116. The summed E-state index contributed by atoms with van der Waals surface area (Å²) in [5.74, 6) is -0.194. The summed E-state index contributed by atoms with van der Waals surface area (Å²) in [6.07, 6.45) is 1.05. The number of amides is 1. The fourth-order valence-electron chi connectivity index (χ4n) is 3.15. The van der Waals surface area contributed by atoms with Crippen molar-refractivity contribution in [1.29, 1.82) is 0 Å². The van der Waals surface area contributed by atoms with Crippen molar-refractivity contribution < 1.29 is 9.59 Å². The summed E-state index contributed by atoms with van der Waals surface area (Å²) in [6.45, 7) is 4.50. The molecule has 0 saturated heterocycles. The first-order valence-electron chi connectivity index (χ1n) is 9.10. The second kappa shape index (κ2) is 8.03. The van der Waals surface area contributed by atoms with E-state index in [9.17, 15) is 14.4 Å². The number of hydrogen-bond donors (Lipinski definition) is 1. The Morgan fingerprint density at radius 1 is 0.926 bits per heavy atom. The number of aromatic nitrogens is 2. The Labute approximate surface area is 157 Å². The maximum absolute atomic E-state index is 12.7. The summed E-state index contributed by atoms with van der Waals surface area (Å²) >= 11 is 0. The molecule has 6 heteroatoms. The van der Waals surface area contributed by atoms with E-state index in [0.29, 0.717) is 24.3 Å². The molecule has 0 spiro atoms. The van der Waals surface area contributed by atoms with Gasteiger partial charge in [0.05, 0.1) is 11.0 Å². The summed E-state index contributed by atoms with van der Waals surface area (Å²) in [7, 11) is 0. The van der Waals surface area contributed by atoms with Gasteiger partial charge >= 0.3 is 5.69 Å². The Hall–Kier alpha value is -3.15. The lowest BCUT2D eigenvalue weighted by Crippen LogP contribution is -2.26. The molecule has 3 rings (SSSR count). The van der Waals surface area contributed by atoms with Gasteiger partial charge in [-0.2, -0.15) is 0 Å². The first-order valence-corrected chi connectivity index (χ1v) is 9.10. The smallest absolute Gasteiger partial charge is 0.326 e. The van der Waals surface area contributed by atoms with E-state index in [4.69, 9.17) is 0 Å². The van der Waals surface area contributed by atoms with Crippen LogP contribution in [0.15, 0.2) is 53.3 Å². The number of ketones is 1. The Morgan fingerprint density at radius 2 is 1.52 bits per heavy atom. The molecule has 1 aromatic heterocycles. The second-order valence-electron chi connectivity index (χ2n) is 6.51. The largest absolute Gasteiger partial charge is 0.329 e. The zero-order chi connectivity index (χ0) is 19.4. The number of nitrogens with zero attached hydrogens (tertiary/aromatic N) is 2. The summed E-state index contributed by atoms with van der Waals surface area (Å²) in [6, 6.07) is 14.4. The molecule has 27 heavy (non-hydrogen) atoms. The van der Waals surface area contributed by atoms with Crippen LogP contribution in [0.2, 0.25) is 0 Å². The van der Waals surface area contributed by atoms with Gasteiger partial charge in [-0.15, -0.1) is 0 Å².